The zero-order valence-electron chi connectivity index (χ0n) is 46.3. The van der Waals surface area contributed by atoms with Gasteiger partial charge in [-0.1, -0.05) is 60.7 Å². The molecular formula is C63H64N2O16. The number of esters is 4. The molecule has 0 radical (unpaired) electrons. The molecule has 18 heteroatoms. The second kappa shape index (κ2) is 24.1. The second-order valence-corrected chi connectivity index (χ2v) is 21.6. The van der Waals surface area contributed by atoms with Crippen molar-refractivity contribution in [2.45, 2.75) is 90.9 Å². The van der Waals surface area contributed by atoms with Gasteiger partial charge in [0.1, 0.15) is 46.7 Å². The van der Waals surface area contributed by atoms with Crippen molar-refractivity contribution in [2.75, 3.05) is 32.8 Å². The van der Waals surface area contributed by atoms with Crippen LogP contribution >= 0.6 is 0 Å². The summed E-state index contributed by atoms with van der Waals surface area (Å²) >= 11 is 0. The van der Waals surface area contributed by atoms with E-state index in [4.69, 9.17) is 37.9 Å². The van der Waals surface area contributed by atoms with E-state index in [9.17, 15) is 38.7 Å². The third-order valence-electron chi connectivity index (χ3n) is 13.5. The zero-order chi connectivity index (χ0) is 58.3. The van der Waals surface area contributed by atoms with Crippen molar-refractivity contribution in [1.29, 1.82) is 0 Å². The first-order chi connectivity index (χ1) is 38.5. The Balaban J connectivity index is 0.997. The van der Waals surface area contributed by atoms with Gasteiger partial charge in [0.25, 0.3) is 0 Å². The van der Waals surface area contributed by atoms with Crippen molar-refractivity contribution in [3.8, 4) is 34.5 Å². The molecule has 6 aromatic carbocycles. The number of hydrogen-bond acceptors (Lipinski definition) is 15. The summed E-state index contributed by atoms with van der Waals surface area (Å²) in [5.41, 5.74) is -0.690. The van der Waals surface area contributed by atoms with Crippen LogP contribution in [-0.4, -0.2) is 80.2 Å². The molecule has 1 spiro atoms. The number of anilines is 1. The van der Waals surface area contributed by atoms with Crippen LogP contribution in [0.3, 0.4) is 0 Å². The fourth-order valence-electron chi connectivity index (χ4n) is 9.25. The lowest BCUT2D eigenvalue weighted by atomic mass is 9.77. The van der Waals surface area contributed by atoms with Gasteiger partial charge in [-0.2, -0.15) is 0 Å². The Bertz CT molecular complexity index is 3220. The minimum atomic E-state index is -1.58. The number of aliphatic carboxylic acids is 1. The summed E-state index contributed by atoms with van der Waals surface area (Å²) in [5.74, 6) is -2.58. The second-order valence-electron chi connectivity index (χ2n) is 21.6. The number of hydrogen-bond donors (Lipinski definition) is 3. The zero-order valence-corrected chi connectivity index (χ0v) is 46.3. The van der Waals surface area contributed by atoms with E-state index in [2.05, 4.69) is 10.6 Å². The van der Waals surface area contributed by atoms with Crippen molar-refractivity contribution < 1.29 is 76.6 Å². The minimum absolute atomic E-state index is 0.0824. The lowest BCUT2D eigenvalue weighted by Crippen LogP contribution is -2.45. The number of methoxy groups -OCH3 is 2. The van der Waals surface area contributed by atoms with Gasteiger partial charge < -0.3 is 53.6 Å². The molecule has 0 fully saturated rings. The summed E-state index contributed by atoms with van der Waals surface area (Å²) in [6.45, 7) is 9.77. The highest BCUT2D eigenvalue weighted by Gasteiger charge is 2.54. The van der Waals surface area contributed by atoms with Crippen molar-refractivity contribution >= 4 is 47.3 Å². The largest absolute Gasteiger partial charge is 0.497 e. The third kappa shape index (κ3) is 13.0. The molecule has 2 aliphatic rings. The minimum Gasteiger partial charge on any atom is -0.497 e. The number of rotatable bonds is 21. The number of carbonyl (C=O) groups excluding carboxylic acids is 6. The quantitative estimate of drug-likeness (QED) is 0.0345. The molecule has 81 heavy (non-hydrogen) atoms. The summed E-state index contributed by atoms with van der Waals surface area (Å²) in [6, 6.07) is 37.5. The molecule has 2 heterocycles. The Morgan fingerprint density at radius 2 is 1.09 bits per heavy atom. The summed E-state index contributed by atoms with van der Waals surface area (Å²) < 4.78 is 47.6. The first kappa shape index (κ1) is 58.1. The van der Waals surface area contributed by atoms with Gasteiger partial charge in [-0.25, -0.2) is 4.79 Å². The monoisotopic (exact) mass is 1100 g/mol. The van der Waals surface area contributed by atoms with Gasteiger partial charge in [-0.15, -0.1) is 0 Å². The molecule has 1 atom stereocenters. The van der Waals surface area contributed by atoms with E-state index >= 15 is 0 Å². The molecule has 0 bridgehead atoms. The van der Waals surface area contributed by atoms with Crippen LogP contribution in [0.4, 0.5) is 5.69 Å². The predicted molar refractivity (Wildman–Crippen MR) is 295 cm³/mol. The summed E-state index contributed by atoms with van der Waals surface area (Å²) in [5, 5.41) is 14.9. The Labute approximate surface area is 468 Å². The van der Waals surface area contributed by atoms with E-state index in [1.165, 1.54) is 18.2 Å². The van der Waals surface area contributed by atoms with Crippen molar-refractivity contribution in [3.05, 3.63) is 172 Å². The lowest BCUT2D eigenvalue weighted by molar-refractivity contribution is -0.149. The van der Waals surface area contributed by atoms with Crippen molar-refractivity contribution in [3.63, 3.8) is 0 Å². The number of carboxylic acids is 1. The Morgan fingerprint density at radius 1 is 0.580 bits per heavy atom. The summed E-state index contributed by atoms with van der Waals surface area (Å²) in [6.07, 6.45) is -1.00. The van der Waals surface area contributed by atoms with E-state index in [1.54, 1.807) is 116 Å². The number of fused-ring (bicyclic) bond motifs is 6. The number of amides is 2. The average Bonchev–Trinajstić information content (AvgIpc) is 3.72. The fourth-order valence-corrected chi connectivity index (χ4v) is 9.25. The van der Waals surface area contributed by atoms with E-state index in [0.717, 1.165) is 5.56 Å². The van der Waals surface area contributed by atoms with Gasteiger partial charge in [0.15, 0.2) is 5.60 Å². The topological polar surface area (TPSA) is 238 Å². The molecule has 2 aliphatic heterocycles. The van der Waals surface area contributed by atoms with Crippen LogP contribution in [0.5, 0.6) is 34.5 Å². The fraction of sp³-hybridized carbons (Fsp3) is 0.317. The normalized spacial score (nSPS) is 13.5. The van der Waals surface area contributed by atoms with Crippen LogP contribution < -0.4 is 34.3 Å². The SMILES string of the molecule is COc1ccc(C(OCC(COC(=O)CCC(=O)O)NC(=O)CCCC(=O)Nc2ccc3c(c2)C(=O)OC32c3ccc(OC(=O)C(C)(C)C)cc3Oc3cc(OC(=O)C(C)(C)C)ccc32)(c2ccccc2)c2ccc(OC)cc2)cc1. The number of nitrogens with one attached hydrogen (secondary N) is 2. The van der Waals surface area contributed by atoms with Crippen LogP contribution in [0.2, 0.25) is 0 Å². The Morgan fingerprint density at radius 3 is 1.60 bits per heavy atom. The molecular weight excluding hydrogens is 1040 g/mol. The first-order valence-corrected chi connectivity index (χ1v) is 26.3. The molecule has 18 nitrogen and oxygen atoms in total. The van der Waals surface area contributed by atoms with E-state index in [0.29, 0.717) is 39.3 Å². The van der Waals surface area contributed by atoms with Crippen molar-refractivity contribution in [1.82, 2.24) is 5.32 Å². The maximum absolute atomic E-state index is 14.1. The highest BCUT2D eigenvalue weighted by atomic mass is 16.6. The van der Waals surface area contributed by atoms with E-state index in [-0.39, 0.29) is 66.7 Å². The molecule has 0 saturated heterocycles. The van der Waals surface area contributed by atoms with E-state index < -0.39 is 82.6 Å². The predicted octanol–water partition coefficient (Wildman–Crippen LogP) is 10.2. The van der Waals surface area contributed by atoms with Crippen LogP contribution in [0.25, 0.3) is 0 Å². The molecule has 0 aromatic heterocycles. The van der Waals surface area contributed by atoms with Gasteiger partial charge in [0.2, 0.25) is 11.8 Å². The van der Waals surface area contributed by atoms with Crippen molar-refractivity contribution in [2.24, 2.45) is 10.8 Å². The van der Waals surface area contributed by atoms with Gasteiger partial charge >= 0.3 is 29.8 Å². The molecule has 0 saturated carbocycles. The molecule has 2 amide bonds. The molecule has 1 unspecified atom stereocenters. The number of benzene rings is 6. The van der Waals surface area contributed by atoms with Gasteiger partial charge in [0.05, 0.1) is 56.1 Å². The summed E-state index contributed by atoms with van der Waals surface area (Å²) in [4.78, 5) is 91.2. The maximum Gasteiger partial charge on any atom is 0.340 e. The number of carbonyl (C=O) groups is 7. The van der Waals surface area contributed by atoms with Crippen LogP contribution in [-0.2, 0) is 54.2 Å². The van der Waals surface area contributed by atoms with Gasteiger partial charge in [0, 0.05) is 47.4 Å². The standard InChI is InChI=1S/C63H64N2O16/c1-60(2,3)58(72)78-45-26-29-49-51(34-45)80-52-35-46(79-59(73)61(4,5)6)27-30-50(52)63(49)48-28-21-41(33-47(48)57(71)81-63)64-53(66)15-12-16-54(67)65-42(36-76-56(70)32-31-55(68)69)37-77-62(38-13-10-9-11-14-38,39-17-22-43(74-7)23-18-39)40-19-24-44(75-8)25-20-40/h9-11,13-14,17-30,33-35,42H,12,15-16,31-32,36-37H2,1-8H3,(H,64,66)(H,65,67)(H,68,69). The molecule has 3 N–H and O–H groups in total. The molecule has 0 aliphatic carbocycles. The maximum atomic E-state index is 14.1. The third-order valence-corrected chi connectivity index (χ3v) is 13.5. The highest BCUT2D eigenvalue weighted by molar-refractivity contribution is 6.00. The Kier molecular flexibility index (Phi) is 17.3. The van der Waals surface area contributed by atoms with Crippen LogP contribution in [0.1, 0.15) is 117 Å². The Hall–Kier alpha value is -9.03. The summed E-state index contributed by atoms with van der Waals surface area (Å²) in [7, 11) is 3.12. The molecule has 422 valence electrons. The van der Waals surface area contributed by atoms with E-state index in [1.807, 2.05) is 54.6 Å². The smallest absolute Gasteiger partial charge is 0.340 e. The average molecular weight is 1110 g/mol. The van der Waals surface area contributed by atoms with Crippen LogP contribution in [0, 0.1) is 10.8 Å². The first-order valence-electron chi connectivity index (χ1n) is 26.3. The molecule has 8 rings (SSSR count). The molecule has 6 aromatic rings. The number of ether oxygens (including phenoxy) is 8. The van der Waals surface area contributed by atoms with Gasteiger partial charge in [-0.05, 0) is 125 Å². The lowest BCUT2D eigenvalue weighted by Gasteiger charge is -2.37. The highest BCUT2D eigenvalue weighted by Crippen LogP contribution is 2.57. The van der Waals surface area contributed by atoms with Crippen LogP contribution in [0.15, 0.2) is 133 Å². The number of carboxylic acid groups (broad SMARTS) is 1. The van der Waals surface area contributed by atoms with Gasteiger partial charge in [-0.3, -0.25) is 28.8 Å².